The minimum Gasteiger partial charge on any atom is -0.489 e. The molecule has 0 saturated carbocycles. The first-order valence-corrected chi connectivity index (χ1v) is 11.4. The van der Waals surface area contributed by atoms with Crippen LogP contribution in [0.15, 0.2) is 51.9 Å². The van der Waals surface area contributed by atoms with Gasteiger partial charge in [-0.05, 0) is 91.1 Å². The summed E-state index contributed by atoms with van der Waals surface area (Å²) in [4.78, 5) is 0. The third-order valence-electron chi connectivity index (χ3n) is 4.58. The van der Waals surface area contributed by atoms with E-state index < -0.39 is 11.7 Å². The molecular formula is C24H27Br2F3O2. The van der Waals surface area contributed by atoms with Crippen LogP contribution in [0.5, 0.6) is 17.2 Å². The Hall–Kier alpha value is -1.47. The highest BCUT2D eigenvalue weighted by atomic mass is 79.9. The lowest BCUT2D eigenvalue weighted by Gasteiger charge is -2.33. The van der Waals surface area contributed by atoms with Gasteiger partial charge in [0.1, 0.15) is 29.4 Å². The summed E-state index contributed by atoms with van der Waals surface area (Å²) in [7, 11) is 0. The Balaban J connectivity index is 2.21. The zero-order chi connectivity index (χ0) is 23.4. The van der Waals surface area contributed by atoms with Crippen molar-refractivity contribution in [3.63, 3.8) is 0 Å². The van der Waals surface area contributed by atoms with E-state index in [1.807, 2.05) is 12.1 Å². The smallest absolute Gasteiger partial charge is 0.420 e. The van der Waals surface area contributed by atoms with Crippen LogP contribution in [0.4, 0.5) is 13.2 Å². The third-order valence-corrected chi connectivity index (χ3v) is 5.22. The van der Waals surface area contributed by atoms with Gasteiger partial charge in [-0.15, -0.1) is 0 Å². The standard InChI is InChI=1S/C24H27Br2F3O2/c1-22(2,3)15-23(4,5)16-6-8-17(9-7-16)31-18-10-11-20(30-13-12-21(25)26)19(14-18)24(27,28)29/h6-12,14H,13,15H2,1-5H3. The van der Waals surface area contributed by atoms with Crippen molar-refractivity contribution in [2.24, 2.45) is 5.41 Å². The second kappa shape index (κ2) is 9.99. The molecule has 0 unspecified atom stereocenters. The van der Waals surface area contributed by atoms with Gasteiger partial charge >= 0.3 is 6.18 Å². The largest absolute Gasteiger partial charge is 0.489 e. The molecule has 7 heteroatoms. The van der Waals surface area contributed by atoms with Crippen molar-refractivity contribution in [1.29, 1.82) is 0 Å². The minimum atomic E-state index is -4.56. The van der Waals surface area contributed by atoms with E-state index in [0.717, 1.165) is 18.1 Å². The summed E-state index contributed by atoms with van der Waals surface area (Å²) in [6.45, 7) is 11.0. The second-order valence-corrected chi connectivity index (χ2v) is 12.0. The summed E-state index contributed by atoms with van der Waals surface area (Å²) in [5.74, 6) is 0.318. The summed E-state index contributed by atoms with van der Waals surface area (Å²) in [6, 6.07) is 11.2. The van der Waals surface area contributed by atoms with E-state index in [1.165, 1.54) is 12.1 Å². The molecule has 0 atom stereocenters. The Morgan fingerprint density at radius 2 is 1.48 bits per heavy atom. The molecule has 0 saturated heterocycles. The normalized spacial score (nSPS) is 12.5. The van der Waals surface area contributed by atoms with Gasteiger partial charge in [0.15, 0.2) is 0 Å². The van der Waals surface area contributed by atoms with Crippen molar-refractivity contribution in [2.75, 3.05) is 6.61 Å². The van der Waals surface area contributed by atoms with Gasteiger partial charge in [0.05, 0.1) is 3.39 Å². The van der Waals surface area contributed by atoms with Gasteiger partial charge in [-0.1, -0.05) is 46.8 Å². The quantitative estimate of drug-likeness (QED) is 0.334. The van der Waals surface area contributed by atoms with Gasteiger partial charge in [-0.3, -0.25) is 0 Å². The SMILES string of the molecule is CC(C)(C)CC(C)(C)c1ccc(Oc2ccc(OCC=C(Br)Br)c(C(F)(F)F)c2)cc1. The van der Waals surface area contributed by atoms with Crippen LogP contribution in [0, 0.1) is 5.41 Å². The van der Waals surface area contributed by atoms with Crippen molar-refractivity contribution in [3.05, 3.63) is 63.1 Å². The van der Waals surface area contributed by atoms with Gasteiger partial charge in [0, 0.05) is 0 Å². The van der Waals surface area contributed by atoms with E-state index in [-0.39, 0.29) is 28.9 Å². The molecule has 2 aromatic rings. The molecule has 2 aromatic carbocycles. The highest BCUT2D eigenvalue weighted by Gasteiger charge is 2.35. The van der Waals surface area contributed by atoms with Crippen LogP contribution in [0.25, 0.3) is 0 Å². The Labute approximate surface area is 199 Å². The average molecular weight is 564 g/mol. The van der Waals surface area contributed by atoms with E-state index in [1.54, 1.807) is 18.2 Å². The molecule has 0 spiro atoms. The van der Waals surface area contributed by atoms with Crippen molar-refractivity contribution in [1.82, 2.24) is 0 Å². The number of ether oxygens (including phenoxy) is 2. The van der Waals surface area contributed by atoms with E-state index in [2.05, 4.69) is 66.5 Å². The van der Waals surface area contributed by atoms with Crippen molar-refractivity contribution in [3.8, 4) is 17.2 Å². The van der Waals surface area contributed by atoms with Crippen LogP contribution in [0.3, 0.4) is 0 Å². The molecule has 0 bridgehead atoms. The van der Waals surface area contributed by atoms with Gasteiger partial charge in [0.2, 0.25) is 0 Å². The highest BCUT2D eigenvalue weighted by molar-refractivity contribution is 9.28. The van der Waals surface area contributed by atoms with E-state index >= 15 is 0 Å². The van der Waals surface area contributed by atoms with Crippen LogP contribution in [0.2, 0.25) is 0 Å². The lowest BCUT2D eigenvalue weighted by atomic mass is 9.72. The zero-order valence-electron chi connectivity index (χ0n) is 18.2. The van der Waals surface area contributed by atoms with Gasteiger partial charge in [-0.2, -0.15) is 13.2 Å². The van der Waals surface area contributed by atoms with E-state index in [9.17, 15) is 13.2 Å². The van der Waals surface area contributed by atoms with Crippen LogP contribution in [-0.4, -0.2) is 6.61 Å². The zero-order valence-corrected chi connectivity index (χ0v) is 21.4. The van der Waals surface area contributed by atoms with Crippen LogP contribution in [0.1, 0.15) is 52.2 Å². The first-order chi connectivity index (χ1) is 14.2. The average Bonchev–Trinajstić information content (AvgIpc) is 2.60. The summed E-state index contributed by atoms with van der Waals surface area (Å²) >= 11 is 6.28. The van der Waals surface area contributed by atoms with E-state index in [0.29, 0.717) is 9.14 Å². The predicted molar refractivity (Wildman–Crippen MR) is 126 cm³/mol. The molecular weight excluding hydrogens is 537 g/mol. The van der Waals surface area contributed by atoms with Crippen molar-refractivity contribution >= 4 is 31.9 Å². The van der Waals surface area contributed by atoms with Crippen molar-refractivity contribution < 1.29 is 22.6 Å². The number of halogens is 5. The Morgan fingerprint density at radius 1 is 0.903 bits per heavy atom. The molecule has 0 N–H and O–H groups in total. The molecule has 0 aliphatic heterocycles. The fourth-order valence-electron chi connectivity index (χ4n) is 3.65. The minimum absolute atomic E-state index is 0.0130. The lowest BCUT2D eigenvalue weighted by molar-refractivity contribution is -0.139. The van der Waals surface area contributed by atoms with Crippen molar-refractivity contribution in [2.45, 2.75) is 52.6 Å². The summed E-state index contributed by atoms with van der Waals surface area (Å²) in [5.41, 5.74) is 0.418. The molecule has 0 aromatic heterocycles. The van der Waals surface area contributed by atoms with E-state index in [4.69, 9.17) is 9.47 Å². The predicted octanol–water partition coefficient (Wildman–Crippen LogP) is 9.22. The lowest BCUT2D eigenvalue weighted by Crippen LogP contribution is -2.24. The number of hydrogen-bond donors (Lipinski definition) is 0. The molecule has 0 aliphatic rings. The Kier molecular flexibility index (Phi) is 8.31. The number of hydrogen-bond acceptors (Lipinski definition) is 2. The Morgan fingerprint density at radius 3 is 2.00 bits per heavy atom. The maximum Gasteiger partial charge on any atom is 0.420 e. The summed E-state index contributed by atoms with van der Waals surface area (Å²) < 4.78 is 52.1. The molecule has 2 nitrogen and oxygen atoms in total. The number of alkyl halides is 3. The molecule has 0 amide bonds. The van der Waals surface area contributed by atoms with Crippen LogP contribution >= 0.6 is 31.9 Å². The molecule has 0 fully saturated rings. The maximum atomic E-state index is 13.5. The van der Waals surface area contributed by atoms with Gasteiger partial charge < -0.3 is 9.47 Å². The number of benzene rings is 2. The second-order valence-electron chi connectivity index (χ2n) is 9.21. The fourth-order valence-corrected chi connectivity index (χ4v) is 3.92. The van der Waals surface area contributed by atoms with Gasteiger partial charge in [0.25, 0.3) is 0 Å². The molecule has 2 rings (SSSR count). The van der Waals surface area contributed by atoms with Crippen LogP contribution in [-0.2, 0) is 11.6 Å². The Bertz CT molecular complexity index is 908. The maximum absolute atomic E-state index is 13.5. The third kappa shape index (κ3) is 8.19. The molecule has 170 valence electrons. The first-order valence-electron chi connectivity index (χ1n) is 9.81. The topological polar surface area (TPSA) is 18.5 Å². The summed E-state index contributed by atoms with van der Waals surface area (Å²) in [6.07, 6.45) is -2.00. The fraction of sp³-hybridized carbons (Fsp3) is 0.417. The van der Waals surface area contributed by atoms with Crippen LogP contribution < -0.4 is 9.47 Å². The molecule has 31 heavy (non-hydrogen) atoms. The molecule has 0 radical (unpaired) electrons. The molecule has 0 aliphatic carbocycles. The number of rotatable bonds is 7. The molecule has 0 heterocycles. The summed E-state index contributed by atoms with van der Waals surface area (Å²) in [5, 5.41) is 0. The first kappa shape index (κ1) is 25.8. The monoisotopic (exact) mass is 562 g/mol. The highest BCUT2D eigenvalue weighted by Crippen LogP contribution is 2.40. The van der Waals surface area contributed by atoms with Gasteiger partial charge in [-0.25, -0.2) is 0 Å².